The lowest BCUT2D eigenvalue weighted by atomic mass is 10.2. The third-order valence-corrected chi connectivity index (χ3v) is 5.61. The molecular weight excluding hydrogens is 362 g/mol. The molecule has 0 aliphatic carbocycles. The van der Waals surface area contributed by atoms with Crippen molar-refractivity contribution >= 4 is 18.3 Å². The minimum atomic E-state index is 0. The molecule has 2 aliphatic rings. The molecule has 2 fully saturated rings. The molecule has 27 heavy (non-hydrogen) atoms. The molecule has 2 aromatic rings. The van der Waals surface area contributed by atoms with Crippen LogP contribution in [0.15, 0.2) is 30.5 Å². The van der Waals surface area contributed by atoms with Crippen molar-refractivity contribution in [1.29, 1.82) is 0 Å². The molecule has 0 spiro atoms. The number of amides is 1. The Labute approximate surface area is 166 Å². The maximum absolute atomic E-state index is 13.0. The summed E-state index contributed by atoms with van der Waals surface area (Å²) >= 11 is 0. The molecule has 2 saturated heterocycles. The van der Waals surface area contributed by atoms with Gasteiger partial charge in [-0.05, 0) is 38.0 Å². The zero-order valence-electron chi connectivity index (χ0n) is 16.0. The number of carbonyl (C=O) groups is 1. The molecule has 1 N–H and O–H groups in total. The van der Waals surface area contributed by atoms with Crippen LogP contribution in [0, 0.1) is 13.8 Å². The maximum atomic E-state index is 13.0. The first-order valence-corrected chi connectivity index (χ1v) is 9.49. The van der Waals surface area contributed by atoms with Gasteiger partial charge in [0.05, 0.1) is 23.1 Å². The molecule has 3 heterocycles. The first kappa shape index (κ1) is 19.9. The predicted molar refractivity (Wildman–Crippen MR) is 109 cm³/mol. The van der Waals surface area contributed by atoms with Gasteiger partial charge in [0.25, 0.3) is 5.91 Å². The van der Waals surface area contributed by atoms with E-state index < -0.39 is 0 Å². The third kappa shape index (κ3) is 4.03. The predicted octanol–water partition coefficient (Wildman–Crippen LogP) is 2.03. The van der Waals surface area contributed by atoms with Crippen LogP contribution in [0.1, 0.15) is 28.0 Å². The molecule has 1 atom stereocenters. The van der Waals surface area contributed by atoms with Crippen LogP contribution in [0.4, 0.5) is 0 Å². The molecule has 1 unspecified atom stereocenters. The van der Waals surface area contributed by atoms with E-state index in [4.69, 9.17) is 0 Å². The average Bonchev–Trinajstić information content (AvgIpc) is 3.29. The Kier molecular flexibility index (Phi) is 6.19. The monoisotopic (exact) mass is 389 g/mol. The number of aromatic nitrogens is 2. The van der Waals surface area contributed by atoms with Crippen LogP contribution in [0.2, 0.25) is 0 Å². The molecule has 6 nitrogen and oxygen atoms in total. The minimum absolute atomic E-state index is 0. The summed E-state index contributed by atoms with van der Waals surface area (Å²) in [5.41, 5.74) is 3.81. The lowest BCUT2D eigenvalue weighted by molar-refractivity contribution is 0.0772. The summed E-state index contributed by atoms with van der Waals surface area (Å²) in [5, 5.41) is 7.87. The first-order valence-electron chi connectivity index (χ1n) is 9.49. The Morgan fingerprint density at radius 3 is 2.70 bits per heavy atom. The van der Waals surface area contributed by atoms with Crippen molar-refractivity contribution < 1.29 is 4.79 Å². The Hall–Kier alpha value is -1.89. The number of piperazine rings is 1. The van der Waals surface area contributed by atoms with E-state index in [9.17, 15) is 4.79 Å². The third-order valence-electron chi connectivity index (χ3n) is 5.61. The summed E-state index contributed by atoms with van der Waals surface area (Å²) in [6, 6.07) is 8.69. The van der Waals surface area contributed by atoms with Crippen molar-refractivity contribution in [1.82, 2.24) is 24.9 Å². The highest BCUT2D eigenvalue weighted by atomic mass is 35.5. The van der Waals surface area contributed by atoms with Crippen LogP contribution in [-0.2, 0) is 0 Å². The van der Waals surface area contributed by atoms with E-state index >= 15 is 0 Å². The van der Waals surface area contributed by atoms with Crippen molar-refractivity contribution in [3.05, 3.63) is 47.3 Å². The van der Waals surface area contributed by atoms with Crippen LogP contribution < -0.4 is 5.32 Å². The second-order valence-electron chi connectivity index (χ2n) is 7.37. The molecular formula is C20H28ClN5O. The van der Waals surface area contributed by atoms with Gasteiger partial charge < -0.3 is 10.2 Å². The van der Waals surface area contributed by atoms with E-state index in [1.54, 1.807) is 6.20 Å². The number of rotatable bonds is 3. The first-order chi connectivity index (χ1) is 12.6. The van der Waals surface area contributed by atoms with Crippen LogP contribution in [-0.4, -0.2) is 70.8 Å². The smallest absolute Gasteiger partial charge is 0.257 e. The molecule has 1 aromatic carbocycles. The minimum Gasteiger partial charge on any atom is -0.337 e. The fraction of sp³-hybridized carbons (Fsp3) is 0.500. The van der Waals surface area contributed by atoms with E-state index in [1.165, 1.54) is 5.56 Å². The molecule has 146 valence electrons. The SMILES string of the molecule is Cc1cccc(-n2ncc(C(=O)N3CCC(N4CCNCC4)C3)c2C)c1.Cl. The van der Waals surface area contributed by atoms with Gasteiger partial charge in [0.1, 0.15) is 0 Å². The van der Waals surface area contributed by atoms with Crippen molar-refractivity contribution in [2.75, 3.05) is 39.3 Å². The van der Waals surface area contributed by atoms with Crippen molar-refractivity contribution in [2.45, 2.75) is 26.3 Å². The van der Waals surface area contributed by atoms with Crippen molar-refractivity contribution in [3.63, 3.8) is 0 Å². The molecule has 0 radical (unpaired) electrons. The standard InChI is InChI=1S/C20H27N5O.ClH/c1-15-4-3-5-17(12-15)25-16(2)19(13-22-25)20(26)24-9-6-18(14-24)23-10-7-21-8-11-23;/h3-5,12-13,18,21H,6-11,14H2,1-2H3;1H. The number of nitrogens with one attached hydrogen (secondary N) is 1. The maximum Gasteiger partial charge on any atom is 0.257 e. The second-order valence-corrected chi connectivity index (χ2v) is 7.37. The van der Waals surface area contributed by atoms with Gasteiger partial charge in [-0.1, -0.05) is 12.1 Å². The normalized spacial score (nSPS) is 20.5. The highest BCUT2D eigenvalue weighted by Gasteiger charge is 2.32. The van der Waals surface area contributed by atoms with Crippen LogP contribution >= 0.6 is 12.4 Å². The number of hydrogen-bond donors (Lipinski definition) is 1. The van der Waals surface area contributed by atoms with Crippen LogP contribution in [0.5, 0.6) is 0 Å². The highest BCUT2D eigenvalue weighted by molar-refractivity contribution is 5.95. The van der Waals surface area contributed by atoms with Gasteiger partial charge in [0.15, 0.2) is 0 Å². The van der Waals surface area contributed by atoms with Gasteiger partial charge in [-0.2, -0.15) is 5.10 Å². The molecule has 7 heteroatoms. The Morgan fingerprint density at radius 2 is 1.96 bits per heavy atom. The van der Waals surface area contributed by atoms with Gasteiger partial charge in [-0.15, -0.1) is 12.4 Å². The van der Waals surface area contributed by atoms with Crippen molar-refractivity contribution in [2.24, 2.45) is 0 Å². The van der Waals surface area contributed by atoms with E-state index in [0.717, 1.165) is 57.1 Å². The van der Waals surface area contributed by atoms with E-state index in [1.807, 2.05) is 28.6 Å². The summed E-state index contributed by atoms with van der Waals surface area (Å²) in [6.45, 7) is 9.96. The van der Waals surface area contributed by atoms with E-state index in [0.29, 0.717) is 11.6 Å². The largest absolute Gasteiger partial charge is 0.337 e. The number of nitrogens with zero attached hydrogens (tertiary/aromatic N) is 4. The summed E-state index contributed by atoms with van der Waals surface area (Å²) in [7, 11) is 0. The molecule has 2 aliphatic heterocycles. The summed E-state index contributed by atoms with van der Waals surface area (Å²) in [6.07, 6.45) is 2.79. The summed E-state index contributed by atoms with van der Waals surface area (Å²) in [4.78, 5) is 17.6. The number of carbonyl (C=O) groups excluding carboxylic acids is 1. The molecule has 1 amide bonds. The van der Waals surface area contributed by atoms with Gasteiger partial charge in [0.2, 0.25) is 0 Å². The highest BCUT2D eigenvalue weighted by Crippen LogP contribution is 2.21. The van der Waals surface area contributed by atoms with Gasteiger partial charge in [-0.3, -0.25) is 9.69 Å². The molecule has 0 bridgehead atoms. The fourth-order valence-electron chi connectivity index (χ4n) is 4.08. The van der Waals surface area contributed by atoms with Gasteiger partial charge >= 0.3 is 0 Å². The number of hydrogen-bond acceptors (Lipinski definition) is 4. The zero-order chi connectivity index (χ0) is 18.1. The molecule has 4 rings (SSSR count). The van der Waals surface area contributed by atoms with Gasteiger partial charge in [0, 0.05) is 45.3 Å². The quantitative estimate of drug-likeness (QED) is 0.872. The number of benzene rings is 1. The Bertz CT molecular complexity index is 799. The lowest BCUT2D eigenvalue weighted by Crippen LogP contribution is -2.49. The van der Waals surface area contributed by atoms with E-state index in [2.05, 4.69) is 34.4 Å². The summed E-state index contributed by atoms with van der Waals surface area (Å²) < 4.78 is 1.87. The van der Waals surface area contributed by atoms with Crippen molar-refractivity contribution in [3.8, 4) is 5.69 Å². The molecule has 0 saturated carbocycles. The number of halogens is 1. The zero-order valence-corrected chi connectivity index (χ0v) is 16.8. The van der Waals surface area contributed by atoms with Gasteiger partial charge in [-0.25, -0.2) is 4.68 Å². The number of likely N-dealkylation sites (tertiary alicyclic amines) is 1. The Balaban J connectivity index is 0.00000210. The topological polar surface area (TPSA) is 53.4 Å². The second kappa shape index (κ2) is 8.42. The average molecular weight is 390 g/mol. The number of aryl methyl sites for hydroxylation is 1. The molecule has 1 aromatic heterocycles. The van der Waals surface area contributed by atoms with E-state index in [-0.39, 0.29) is 18.3 Å². The lowest BCUT2D eigenvalue weighted by Gasteiger charge is -2.32. The summed E-state index contributed by atoms with van der Waals surface area (Å²) in [5.74, 6) is 0.110. The van der Waals surface area contributed by atoms with Crippen LogP contribution in [0.25, 0.3) is 5.69 Å². The van der Waals surface area contributed by atoms with Crippen LogP contribution in [0.3, 0.4) is 0 Å². The fourth-order valence-corrected chi connectivity index (χ4v) is 4.08. The Morgan fingerprint density at radius 1 is 1.19 bits per heavy atom.